The Hall–Kier alpha value is -2.57. The minimum atomic E-state index is -0.800. The fourth-order valence-electron chi connectivity index (χ4n) is 3.33. The summed E-state index contributed by atoms with van der Waals surface area (Å²) in [4.78, 5) is 5.88. The van der Waals surface area contributed by atoms with E-state index in [1.807, 2.05) is 24.9 Å². The highest BCUT2D eigenvalue weighted by molar-refractivity contribution is 5.85. The van der Waals surface area contributed by atoms with Crippen molar-refractivity contribution in [2.45, 2.75) is 44.4 Å². The van der Waals surface area contributed by atoms with E-state index in [0.717, 1.165) is 12.0 Å². The third-order valence-corrected chi connectivity index (χ3v) is 4.49. The maximum Gasteiger partial charge on any atom is 0.207 e. The lowest BCUT2D eigenvalue weighted by Crippen LogP contribution is -2.53. The van der Waals surface area contributed by atoms with Gasteiger partial charge in [0.05, 0.1) is 17.7 Å². The molecule has 1 fully saturated rings. The first-order chi connectivity index (χ1) is 11.0. The molecule has 1 aromatic carbocycles. The van der Waals surface area contributed by atoms with Gasteiger partial charge in [-0.25, -0.2) is 0 Å². The van der Waals surface area contributed by atoms with Crippen LogP contribution >= 0.6 is 0 Å². The molecular weight excluding hydrogens is 292 g/mol. The third-order valence-electron chi connectivity index (χ3n) is 4.49. The van der Waals surface area contributed by atoms with Crippen LogP contribution in [0.1, 0.15) is 43.9 Å². The molecule has 6 nitrogen and oxygen atoms in total. The van der Waals surface area contributed by atoms with Gasteiger partial charge in [0.1, 0.15) is 23.3 Å². The number of amidine groups is 1. The molecule has 118 valence electrons. The minimum absolute atomic E-state index is 0.378. The Labute approximate surface area is 135 Å². The van der Waals surface area contributed by atoms with Crippen LogP contribution in [0.3, 0.4) is 0 Å². The van der Waals surface area contributed by atoms with Gasteiger partial charge in [0.2, 0.25) is 6.19 Å². The van der Waals surface area contributed by atoms with Gasteiger partial charge < -0.3 is 14.7 Å². The van der Waals surface area contributed by atoms with Crippen LogP contribution in [-0.2, 0) is 0 Å². The number of aliphatic hydroxyl groups is 1. The van der Waals surface area contributed by atoms with E-state index in [1.54, 1.807) is 18.2 Å². The second-order valence-corrected chi connectivity index (χ2v) is 6.38. The zero-order valence-electron chi connectivity index (χ0n) is 13.2. The molecule has 23 heavy (non-hydrogen) atoms. The van der Waals surface area contributed by atoms with Crippen molar-refractivity contribution < 1.29 is 9.84 Å². The van der Waals surface area contributed by atoms with E-state index in [2.05, 4.69) is 11.1 Å². The summed E-state index contributed by atoms with van der Waals surface area (Å²) >= 11 is 0. The van der Waals surface area contributed by atoms with Crippen LogP contribution in [0.15, 0.2) is 23.2 Å². The van der Waals surface area contributed by atoms with Crippen molar-refractivity contribution in [2.24, 2.45) is 4.99 Å². The molecule has 1 N–H and O–H groups in total. The smallest absolute Gasteiger partial charge is 0.207 e. The molecule has 6 heteroatoms. The summed E-state index contributed by atoms with van der Waals surface area (Å²) in [5, 5.41) is 28.9. The van der Waals surface area contributed by atoms with E-state index in [1.165, 1.54) is 0 Å². The van der Waals surface area contributed by atoms with Crippen molar-refractivity contribution in [2.75, 3.05) is 6.54 Å². The monoisotopic (exact) mass is 310 g/mol. The molecule has 0 saturated carbocycles. The third kappa shape index (κ3) is 2.52. The lowest BCUT2D eigenvalue weighted by molar-refractivity contribution is -0.0802. The van der Waals surface area contributed by atoms with E-state index in [4.69, 9.17) is 15.3 Å². The van der Waals surface area contributed by atoms with E-state index in [9.17, 15) is 5.11 Å². The summed E-state index contributed by atoms with van der Waals surface area (Å²) in [6.07, 6.45) is 2.64. The molecule has 0 bridgehead atoms. The van der Waals surface area contributed by atoms with Gasteiger partial charge in [0.25, 0.3) is 0 Å². The largest absolute Gasteiger partial charge is 0.485 e. The molecule has 3 rings (SSSR count). The molecule has 2 atom stereocenters. The summed E-state index contributed by atoms with van der Waals surface area (Å²) in [6, 6.07) is 6.97. The molecule has 1 aromatic rings. The Morgan fingerprint density at radius 3 is 2.87 bits per heavy atom. The number of nitriles is 2. The quantitative estimate of drug-likeness (QED) is 0.802. The molecule has 1 unspecified atom stereocenters. The van der Waals surface area contributed by atoms with Crippen molar-refractivity contribution >= 4 is 5.84 Å². The Balaban J connectivity index is 2.13. The van der Waals surface area contributed by atoms with Gasteiger partial charge >= 0.3 is 0 Å². The first kappa shape index (κ1) is 15.3. The van der Waals surface area contributed by atoms with Gasteiger partial charge in [-0.1, -0.05) is 0 Å². The Kier molecular flexibility index (Phi) is 3.71. The molecule has 0 spiro atoms. The van der Waals surface area contributed by atoms with Crippen molar-refractivity contribution in [1.29, 1.82) is 10.5 Å². The fourth-order valence-corrected chi connectivity index (χ4v) is 3.33. The van der Waals surface area contributed by atoms with Crippen LogP contribution in [0.25, 0.3) is 0 Å². The summed E-state index contributed by atoms with van der Waals surface area (Å²) < 4.78 is 5.93. The van der Waals surface area contributed by atoms with Crippen LogP contribution in [-0.4, -0.2) is 34.1 Å². The van der Waals surface area contributed by atoms with Gasteiger partial charge in [0.15, 0.2) is 0 Å². The summed E-state index contributed by atoms with van der Waals surface area (Å²) in [6.45, 7) is 4.39. The second-order valence-electron chi connectivity index (χ2n) is 6.38. The van der Waals surface area contributed by atoms with Crippen LogP contribution < -0.4 is 4.74 Å². The molecule has 2 aliphatic heterocycles. The number of likely N-dealkylation sites (tertiary alicyclic amines) is 1. The second kappa shape index (κ2) is 5.57. The molecule has 0 aliphatic carbocycles. The maximum atomic E-state index is 10.9. The van der Waals surface area contributed by atoms with Gasteiger partial charge in [-0.05, 0) is 38.5 Å². The number of ether oxygens (including phenoxy) is 1. The molecule has 1 saturated heterocycles. The number of benzene rings is 1. The molecule has 2 heterocycles. The van der Waals surface area contributed by atoms with Gasteiger partial charge in [-0.15, -0.1) is 0 Å². The minimum Gasteiger partial charge on any atom is -0.485 e. The predicted octanol–water partition coefficient (Wildman–Crippen LogP) is 2.11. The highest BCUT2D eigenvalue weighted by Crippen LogP contribution is 2.44. The van der Waals surface area contributed by atoms with E-state index in [-0.39, 0.29) is 6.04 Å². The van der Waals surface area contributed by atoms with Crippen LogP contribution in [0, 0.1) is 22.8 Å². The van der Waals surface area contributed by atoms with Crippen LogP contribution in [0.5, 0.6) is 5.75 Å². The highest BCUT2D eigenvalue weighted by Gasteiger charge is 2.47. The number of nitrogens with zero attached hydrogens (tertiary/aromatic N) is 4. The molecule has 0 radical (unpaired) electrons. The number of aliphatic imine (C=N–C) groups is 1. The topological polar surface area (TPSA) is 92.6 Å². The lowest BCUT2D eigenvalue weighted by atomic mass is 9.85. The van der Waals surface area contributed by atoms with E-state index >= 15 is 0 Å². The van der Waals surface area contributed by atoms with Gasteiger partial charge in [-0.2, -0.15) is 15.5 Å². The average Bonchev–Trinajstić information content (AvgIpc) is 2.96. The summed E-state index contributed by atoms with van der Waals surface area (Å²) in [7, 11) is 0. The number of hydrogen-bond acceptors (Lipinski definition) is 5. The highest BCUT2D eigenvalue weighted by atomic mass is 16.5. The van der Waals surface area contributed by atoms with Crippen LogP contribution in [0.2, 0.25) is 0 Å². The average molecular weight is 310 g/mol. The number of fused-ring (bicyclic) bond motifs is 1. The van der Waals surface area contributed by atoms with E-state index in [0.29, 0.717) is 30.1 Å². The standard InChI is InChI=1S/C17H18N4O2/c1-17(2)16(22)15(21-7-3-4-14(21)20-10-19)12-8-11(9-18)5-6-13(12)23-17/h5-6,8,15-16,22H,3-4,7H2,1-2H3/t15-,16?/m1/s1. The van der Waals surface area contributed by atoms with Crippen LogP contribution in [0.4, 0.5) is 0 Å². The number of aliphatic hydroxyl groups excluding tert-OH is 1. The van der Waals surface area contributed by atoms with Gasteiger partial charge in [-0.3, -0.25) is 0 Å². The summed E-state index contributed by atoms with van der Waals surface area (Å²) in [5.74, 6) is 1.34. The maximum absolute atomic E-state index is 10.9. The molecule has 0 aromatic heterocycles. The normalized spacial score (nSPS) is 27.0. The van der Waals surface area contributed by atoms with Gasteiger partial charge in [0, 0.05) is 18.5 Å². The lowest BCUT2D eigenvalue weighted by Gasteiger charge is -2.45. The number of hydrogen-bond donors (Lipinski definition) is 1. The Morgan fingerprint density at radius 2 is 2.17 bits per heavy atom. The van der Waals surface area contributed by atoms with E-state index < -0.39 is 11.7 Å². The molecular formula is C17H18N4O2. The Morgan fingerprint density at radius 1 is 1.39 bits per heavy atom. The Bertz CT molecular complexity index is 742. The molecule has 2 aliphatic rings. The number of rotatable bonds is 1. The first-order valence-corrected chi connectivity index (χ1v) is 7.61. The van der Waals surface area contributed by atoms with Crippen molar-refractivity contribution in [3.63, 3.8) is 0 Å². The zero-order valence-corrected chi connectivity index (χ0v) is 13.2. The van der Waals surface area contributed by atoms with Crippen molar-refractivity contribution in [3.8, 4) is 18.0 Å². The SMILES string of the molecule is CC1(C)Oc2ccc(C#N)cc2[C@@H](N2CCCC2=NC#N)C1O. The van der Waals surface area contributed by atoms with Crippen molar-refractivity contribution in [1.82, 2.24) is 4.90 Å². The fraction of sp³-hybridized carbons (Fsp3) is 0.471. The predicted molar refractivity (Wildman–Crippen MR) is 83.6 cm³/mol. The zero-order chi connectivity index (χ0) is 16.6. The van der Waals surface area contributed by atoms with Crippen molar-refractivity contribution in [3.05, 3.63) is 29.3 Å². The summed E-state index contributed by atoms with van der Waals surface area (Å²) in [5.41, 5.74) is 0.511. The molecule has 0 amide bonds. The first-order valence-electron chi connectivity index (χ1n) is 7.61.